The summed E-state index contributed by atoms with van der Waals surface area (Å²) in [6.07, 6.45) is -9.52. The number of allylic oxidation sites excluding steroid dienone is 1. The highest BCUT2D eigenvalue weighted by Crippen LogP contribution is 2.43. The molecule has 1 fully saturated rings. The van der Waals surface area contributed by atoms with Gasteiger partial charge in [0.15, 0.2) is 5.60 Å². The molecule has 1 atom stereocenters. The van der Waals surface area contributed by atoms with Crippen LogP contribution in [0.25, 0.3) is 0 Å². The molecule has 0 radical (unpaired) electrons. The molecule has 7 nitrogen and oxygen atoms in total. The molecule has 0 saturated carbocycles. The van der Waals surface area contributed by atoms with Gasteiger partial charge in [0.25, 0.3) is 5.91 Å². The smallest absolute Gasteiger partial charge is 0.401 e. The van der Waals surface area contributed by atoms with Crippen LogP contribution in [0.1, 0.15) is 25.0 Å². The first-order valence-electron chi connectivity index (χ1n) is 9.19. The van der Waals surface area contributed by atoms with E-state index in [0.29, 0.717) is 5.69 Å². The molecule has 1 aromatic rings. The number of amides is 1. The summed E-state index contributed by atoms with van der Waals surface area (Å²) in [5, 5.41) is 10.3. The number of carbonyl (C=O) groups excluding carboxylic acids is 1. The molecule has 2 aliphatic heterocycles. The average molecular weight is 451 g/mol. The predicted molar refractivity (Wildman–Crippen MR) is 97.6 cm³/mol. The van der Waals surface area contributed by atoms with Gasteiger partial charge in [0.2, 0.25) is 0 Å². The summed E-state index contributed by atoms with van der Waals surface area (Å²) in [5.74, 6) is -2.59. The van der Waals surface area contributed by atoms with Crippen molar-refractivity contribution in [2.75, 3.05) is 18.0 Å². The summed E-state index contributed by atoms with van der Waals surface area (Å²) >= 11 is 0. The van der Waals surface area contributed by atoms with Crippen LogP contribution >= 0.6 is 0 Å². The van der Waals surface area contributed by atoms with Crippen LogP contribution in [0, 0.1) is 5.92 Å². The maximum absolute atomic E-state index is 13.6. The molecule has 3 heterocycles. The number of aromatic nitrogens is 1. The largest absolute Gasteiger partial charge is 0.433 e. The number of amidine groups is 1. The van der Waals surface area contributed by atoms with Gasteiger partial charge in [-0.15, -0.1) is 0 Å². The Balaban J connectivity index is 1.81. The summed E-state index contributed by atoms with van der Waals surface area (Å²) < 4.78 is 78.6. The summed E-state index contributed by atoms with van der Waals surface area (Å²) in [4.78, 5) is 19.9. The number of hydrogen-bond acceptors (Lipinski definition) is 6. The van der Waals surface area contributed by atoms with Crippen molar-refractivity contribution in [2.45, 2.75) is 37.2 Å². The normalized spacial score (nSPS) is 25.5. The highest BCUT2D eigenvalue weighted by atomic mass is 19.4. The third kappa shape index (κ3) is 4.31. The van der Waals surface area contributed by atoms with E-state index in [9.17, 15) is 36.2 Å². The van der Waals surface area contributed by atoms with Gasteiger partial charge in [0.1, 0.15) is 11.5 Å². The Morgan fingerprint density at radius 3 is 2.26 bits per heavy atom. The molecule has 5 N–H and O–H groups in total. The monoisotopic (exact) mass is 451 g/mol. The van der Waals surface area contributed by atoms with Crippen molar-refractivity contribution >= 4 is 17.4 Å². The first kappa shape index (κ1) is 22.8. The highest BCUT2D eigenvalue weighted by molar-refractivity contribution is 6.09. The Bertz CT molecular complexity index is 917. The number of halogens is 6. The molecular formula is C18H19F6N5O2. The second kappa shape index (κ2) is 7.70. The van der Waals surface area contributed by atoms with E-state index in [1.807, 2.05) is 0 Å². The molecule has 1 saturated heterocycles. The highest BCUT2D eigenvalue weighted by Gasteiger charge is 2.60. The Morgan fingerprint density at radius 2 is 1.77 bits per heavy atom. The fraction of sp³-hybridized carbons (Fsp3) is 0.500. The van der Waals surface area contributed by atoms with Crippen LogP contribution in [-0.2, 0) is 11.0 Å². The number of aliphatic hydroxyl groups is 1. The number of pyridine rings is 1. The van der Waals surface area contributed by atoms with Gasteiger partial charge in [-0.3, -0.25) is 4.79 Å². The topological polar surface area (TPSA) is 118 Å². The van der Waals surface area contributed by atoms with E-state index in [1.54, 1.807) is 4.90 Å². The van der Waals surface area contributed by atoms with Crippen molar-refractivity contribution in [3.05, 3.63) is 35.3 Å². The quantitative estimate of drug-likeness (QED) is 0.593. The zero-order valence-electron chi connectivity index (χ0n) is 16.0. The Morgan fingerprint density at radius 1 is 1.16 bits per heavy atom. The second-order valence-electron chi connectivity index (χ2n) is 7.42. The number of carbonyl (C=O) groups is 1. The van der Waals surface area contributed by atoms with Crippen LogP contribution in [0.2, 0.25) is 0 Å². The third-order valence-electron chi connectivity index (χ3n) is 5.42. The number of piperidine rings is 1. The van der Waals surface area contributed by atoms with Gasteiger partial charge >= 0.3 is 12.4 Å². The van der Waals surface area contributed by atoms with Crippen LogP contribution in [0.5, 0.6) is 0 Å². The fourth-order valence-corrected chi connectivity index (χ4v) is 3.77. The molecule has 31 heavy (non-hydrogen) atoms. The van der Waals surface area contributed by atoms with Crippen LogP contribution in [-0.4, -0.2) is 46.7 Å². The van der Waals surface area contributed by atoms with Crippen LogP contribution < -0.4 is 16.4 Å². The van der Waals surface area contributed by atoms with Gasteiger partial charge in [-0.25, -0.2) is 4.98 Å². The lowest BCUT2D eigenvalue weighted by Crippen LogP contribution is -2.55. The molecule has 2 aliphatic rings. The number of aliphatic imine (C=N–C) groups is 1. The van der Waals surface area contributed by atoms with Gasteiger partial charge in [-0.1, -0.05) is 0 Å². The molecule has 13 heteroatoms. The summed E-state index contributed by atoms with van der Waals surface area (Å²) in [6, 6.07) is 2.11. The SMILES string of the molecule is NC1=NC(=O)CC(O)(C(F)(F)F)C1=C(N)C1CCN(c2ccc(C(F)(F)F)nc2)CC1. The lowest BCUT2D eigenvalue weighted by molar-refractivity contribution is -0.244. The van der Waals surface area contributed by atoms with Crippen LogP contribution in [0.15, 0.2) is 34.6 Å². The minimum atomic E-state index is -5.20. The second-order valence-corrected chi connectivity index (χ2v) is 7.42. The van der Waals surface area contributed by atoms with E-state index >= 15 is 0 Å². The third-order valence-corrected chi connectivity index (χ3v) is 5.42. The molecule has 0 aromatic carbocycles. The Kier molecular flexibility index (Phi) is 5.67. The lowest BCUT2D eigenvalue weighted by atomic mass is 9.80. The summed E-state index contributed by atoms with van der Waals surface area (Å²) in [5.41, 5.74) is 6.25. The fourth-order valence-electron chi connectivity index (χ4n) is 3.77. The number of alkyl halides is 6. The van der Waals surface area contributed by atoms with E-state index in [2.05, 4.69) is 9.98 Å². The molecule has 1 amide bonds. The van der Waals surface area contributed by atoms with Crippen molar-refractivity contribution in [1.29, 1.82) is 0 Å². The van der Waals surface area contributed by atoms with E-state index < -0.39 is 53.3 Å². The molecular weight excluding hydrogens is 432 g/mol. The molecule has 1 aromatic heterocycles. The molecule has 0 bridgehead atoms. The Hall–Kier alpha value is -2.83. The number of nitrogens with zero attached hydrogens (tertiary/aromatic N) is 3. The van der Waals surface area contributed by atoms with Gasteiger partial charge in [0, 0.05) is 24.7 Å². The van der Waals surface area contributed by atoms with Crippen molar-refractivity contribution < 1.29 is 36.2 Å². The van der Waals surface area contributed by atoms with Crippen LogP contribution in [0.4, 0.5) is 32.0 Å². The van der Waals surface area contributed by atoms with E-state index in [1.165, 1.54) is 6.07 Å². The van der Waals surface area contributed by atoms with Gasteiger partial charge in [-0.05, 0) is 25.0 Å². The summed E-state index contributed by atoms with van der Waals surface area (Å²) in [6.45, 7) is 0.540. The molecule has 1 unspecified atom stereocenters. The van der Waals surface area contributed by atoms with Crippen molar-refractivity contribution in [3.8, 4) is 0 Å². The average Bonchev–Trinajstić information content (AvgIpc) is 2.66. The maximum atomic E-state index is 13.6. The minimum Gasteiger partial charge on any atom is -0.401 e. The molecule has 0 aliphatic carbocycles. The maximum Gasteiger partial charge on any atom is 0.433 e. The van der Waals surface area contributed by atoms with Gasteiger partial charge in [-0.2, -0.15) is 31.3 Å². The van der Waals surface area contributed by atoms with E-state index in [4.69, 9.17) is 11.5 Å². The Labute approximate surface area is 172 Å². The number of nitrogens with two attached hydrogens (primary N) is 2. The summed E-state index contributed by atoms with van der Waals surface area (Å²) in [7, 11) is 0. The zero-order chi connectivity index (χ0) is 23.2. The number of hydrogen-bond donors (Lipinski definition) is 3. The lowest BCUT2D eigenvalue weighted by Gasteiger charge is -2.38. The standard InChI is InChI=1S/C18H19F6N5O2/c19-17(20,21)11-2-1-10(8-27-11)29-5-3-9(4-6-29)14(25)13-15(26)28-12(30)7-16(13,31)18(22,23)24/h1-2,8-9,31H,3-7,25H2,(H2,26,28,30). The van der Waals surface area contributed by atoms with Crippen molar-refractivity contribution in [3.63, 3.8) is 0 Å². The molecule has 3 rings (SSSR count). The number of rotatable bonds is 2. The first-order chi connectivity index (χ1) is 14.2. The van der Waals surface area contributed by atoms with Crippen LogP contribution in [0.3, 0.4) is 0 Å². The van der Waals surface area contributed by atoms with E-state index in [-0.39, 0.29) is 31.6 Å². The molecule has 0 spiro atoms. The van der Waals surface area contributed by atoms with Crippen molar-refractivity contribution in [1.82, 2.24) is 4.98 Å². The van der Waals surface area contributed by atoms with E-state index in [0.717, 1.165) is 12.3 Å². The zero-order valence-corrected chi connectivity index (χ0v) is 16.0. The number of anilines is 1. The molecule has 170 valence electrons. The van der Waals surface area contributed by atoms with Crippen molar-refractivity contribution in [2.24, 2.45) is 22.4 Å². The first-order valence-corrected chi connectivity index (χ1v) is 9.19. The van der Waals surface area contributed by atoms with Gasteiger partial charge < -0.3 is 21.5 Å². The van der Waals surface area contributed by atoms with Gasteiger partial charge in [0.05, 0.1) is 23.9 Å². The predicted octanol–water partition coefficient (Wildman–Crippen LogP) is 2.11. The minimum absolute atomic E-state index is 0.242.